The van der Waals surface area contributed by atoms with Crippen LogP contribution >= 0.6 is 0 Å². The van der Waals surface area contributed by atoms with Gasteiger partial charge in [-0.05, 0) is 53.4 Å². The van der Waals surface area contributed by atoms with E-state index in [0.29, 0.717) is 6.54 Å². The molecule has 3 aromatic rings. The number of methoxy groups -OCH3 is 2. The summed E-state index contributed by atoms with van der Waals surface area (Å²) in [6.45, 7) is 1.20. The first kappa shape index (κ1) is 19.8. The van der Waals surface area contributed by atoms with Crippen LogP contribution < -0.4 is 19.7 Å². The van der Waals surface area contributed by atoms with Gasteiger partial charge in [0.15, 0.2) is 0 Å². The zero-order valence-corrected chi connectivity index (χ0v) is 17.3. The molecule has 0 saturated carbocycles. The third kappa shape index (κ3) is 4.25. The third-order valence-electron chi connectivity index (χ3n) is 5.52. The van der Waals surface area contributed by atoms with Crippen LogP contribution in [0.15, 0.2) is 72.8 Å². The molecule has 0 saturated heterocycles. The Morgan fingerprint density at radius 3 is 2.03 bits per heavy atom. The number of fused-ring (bicyclic) bond motifs is 1. The first-order valence-corrected chi connectivity index (χ1v) is 10.1. The number of hydrogen-bond acceptors (Lipinski definition) is 4. The van der Waals surface area contributed by atoms with Gasteiger partial charge in [-0.1, -0.05) is 42.5 Å². The number of anilines is 1. The van der Waals surface area contributed by atoms with E-state index in [4.69, 9.17) is 9.47 Å². The fraction of sp³-hybridized carbons (Fsp3) is 0.240. The SMILES string of the molecule is COc1ccc(C(NC(=O)CN2CCc3ccccc32)c2ccc(OC)cc2)cc1. The van der Waals surface area contributed by atoms with Gasteiger partial charge in [-0.3, -0.25) is 4.79 Å². The topological polar surface area (TPSA) is 50.8 Å². The smallest absolute Gasteiger partial charge is 0.240 e. The molecule has 154 valence electrons. The number of para-hydroxylation sites is 1. The second-order valence-electron chi connectivity index (χ2n) is 7.35. The van der Waals surface area contributed by atoms with Crippen molar-refractivity contribution >= 4 is 11.6 Å². The standard InChI is InChI=1S/C25H26N2O3/c1-29-21-11-7-19(8-12-21)25(20-9-13-22(30-2)14-10-20)26-24(28)17-27-16-15-18-5-3-4-6-23(18)27/h3-14,25H,15-17H2,1-2H3,(H,26,28). The molecular formula is C25H26N2O3. The zero-order valence-electron chi connectivity index (χ0n) is 17.3. The molecule has 1 amide bonds. The molecule has 0 unspecified atom stereocenters. The summed E-state index contributed by atoms with van der Waals surface area (Å²) in [6.07, 6.45) is 0.976. The van der Waals surface area contributed by atoms with Crippen molar-refractivity contribution in [1.82, 2.24) is 5.32 Å². The number of carbonyl (C=O) groups is 1. The number of nitrogens with one attached hydrogen (secondary N) is 1. The minimum absolute atomic E-state index is 0.0108. The molecule has 5 heteroatoms. The molecule has 5 nitrogen and oxygen atoms in total. The number of carbonyl (C=O) groups excluding carboxylic acids is 1. The Morgan fingerprint density at radius 1 is 0.900 bits per heavy atom. The second kappa shape index (κ2) is 8.91. The Kier molecular flexibility index (Phi) is 5.89. The van der Waals surface area contributed by atoms with E-state index in [1.807, 2.05) is 60.7 Å². The molecule has 1 N–H and O–H groups in total. The second-order valence-corrected chi connectivity index (χ2v) is 7.35. The lowest BCUT2D eigenvalue weighted by molar-refractivity contribution is -0.120. The summed E-state index contributed by atoms with van der Waals surface area (Å²) in [5, 5.41) is 3.22. The quantitative estimate of drug-likeness (QED) is 0.650. The number of benzene rings is 3. The maximum absolute atomic E-state index is 13.0. The van der Waals surface area contributed by atoms with E-state index >= 15 is 0 Å². The lowest BCUT2D eigenvalue weighted by Crippen LogP contribution is -2.38. The van der Waals surface area contributed by atoms with Crippen molar-refractivity contribution < 1.29 is 14.3 Å². The fourth-order valence-corrected chi connectivity index (χ4v) is 3.90. The maximum Gasteiger partial charge on any atom is 0.240 e. The van der Waals surface area contributed by atoms with E-state index < -0.39 is 0 Å². The molecule has 4 rings (SSSR count). The van der Waals surface area contributed by atoms with Gasteiger partial charge in [-0.25, -0.2) is 0 Å². The number of ether oxygens (including phenoxy) is 2. The third-order valence-corrected chi connectivity index (χ3v) is 5.52. The Labute approximate surface area is 177 Å². The van der Waals surface area contributed by atoms with Gasteiger partial charge in [0.2, 0.25) is 5.91 Å². The van der Waals surface area contributed by atoms with E-state index in [1.54, 1.807) is 14.2 Å². The normalized spacial score (nSPS) is 12.6. The van der Waals surface area contributed by atoms with E-state index in [-0.39, 0.29) is 11.9 Å². The minimum atomic E-state index is -0.257. The first-order valence-electron chi connectivity index (χ1n) is 10.1. The van der Waals surface area contributed by atoms with Crippen molar-refractivity contribution in [2.45, 2.75) is 12.5 Å². The molecule has 0 atom stereocenters. The summed E-state index contributed by atoms with van der Waals surface area (Å²) in [6, 6.07) is 23.6. The van der Waals surface area contributed by atoms with Crippen molar-refractivity contribution in [3.8, 4) is 11.5 Å². The summed E-state index contributed by atoms with van der Waals surface area (Å²) in [7, 11) is 3.29. The summed E-state index contributed by atoms with van der Waals surface area (Å²) < 4.78 is 10.6. The van der Waals surface area contributed by atoms with Crippen LogP contribution in [0.25, 0.3) is 0 Å². The van der Waals surface area contributed by atoms with Crippen molar-refractivity contribution in [2.24, 2.45) is 0 Å². The molecule has 30 heavy (non-hydrogen) atoms. The van der Waals surface area contributed by atoms with Gasteiger partial charge < -0.3 is 19.7 Å². The number of rotatable bonds is 7. The molecule has 0 aliphatic carbocycles. The highest BCUT2D eigenvalue weighted by molar-refractivity contribution is 5.83. The molecule has 0 bridgehead atoms. The van der Waals surface area contributed by atoms with Crippen LogP contribution in [0.1, 0.15) is 22.7 Å². The monoisotopic (exact) mass is 402 g/mol. The Hall–Kier alpha value is -3.47. The molecule has 3 aromatic carbocycles. The average molecular weight is 402 g/mol. The van der Waals surface area contributed by atoms with Crippen molar-refractivity contribution in [2.75, 3.05) is 32.2 Å². The number of amides is 1. The van der Waals surface area contributed by atoms with Gasteiger partial charge in [-0.2, -0.15) is 0 Å². The first-order chi connectivity index (χ1) is 14.7. The Bertz CT molecular complexity index is 952. The fourth-order valence-electron chi connectivity index (χ4n) is 3.90. The number of hydrogen-bond donors (Lipinski definition) is 1. The maximum atomic E-state index is 13.0. The lowest BCUT2D eigenvalue weighted by atomic mass is 9.98. The highest BCUT2D eigenvalue weighted by atomic mass is 16.5. The van der Waals surface area contributed by atoms with Crippen LogP contribution in [0.3, 0.4) is 0 Å². The van der Waals surface area contributed by atoms with E-state index in [9.17, 15) is 4.79 Å². The summed E-state index contributed by atoms with van der Waals surface area (Å²) in [4.78, 5) is 15.2. The van der Waals surface area contributed by atoms with Crippen LogP contribution in [0.5, 0.6) is 11.5 Å². The molecule has 0 fully saturated rings. The molecule has 1 aliphatic rings. The van der Waals surface area contributed by atoms with Crippen LogP contribution in [0.4, 0.5) is 5.69 Å². The van der Waals surface area contributed by atoms with Crippen molar-refractivity contribution in [1.29, 1.82) is 0 Å². The summed E-state index contributed by atoms with van der Waals surface area (Å²) in [5.74, 6) is 1.56. The van der Waals surface area contributed by atoms with E-state index in [1.165, 1.54) is 5.56 Å². The zero-order chi connectivity index (χ0) is 20.9. The van der Waals surface area contributed by atoms with Crippen molar-refractivity contribution in [3.05, 3.63) is 89.5 Å². The lowest BCUT2D eigenvalue weighted by Gasteiger charge is -2.24. The molecule has 0 radical (unpaired) electrons. The van der Waals surface area contributed by atoms with Gasteiger partial charge in [0.25, 0.3) is 0 Å². The summed E-state index contributed by atoms with van der Waals surface area (Å²) >= 11 is 0. The molecule has 1 heterocycles. The predicted octanol–water partition coefficient (Wildman–Crippen LogP) is 3.97. The van der Waals surface area contributed by atoms with Gasteiger partial charge in [0.1, 0.15) is 11.5 Å². The van der Waals surface area contributed by atoms with Crippen LogP contribution in [0.2, 0.25) is 0 Å². The van der Waals surface area contributed by atoms with Crippen LogP contribution in [-0.2, 0) is 11.2 Å². The van der Waals surface area contributed by atoms with Gasteiger partial charge in [0, 0.05) is 12.2 Å². The predicted molar refractivity (Wildman–Crippen MR) is 118 cm³/mol. The molecule has 0 spiro atoms. The summed E-state index contributed by atoms with van der Waals surface area (Å²) in [5.41, 5.74) is 4.44. The van der Waals surface area contributed by atoms with Crippen LogP contribution in [0, 0.1) is 0 Å². The van der Waals surface area contributed by atoms with Gasteiger partial charge in [-0.15, -0.1) is 0 Å². The molecule has 0 aromatic heterocycles. The Balaban J connectivity index is 1.55. The Morgan fingerprint density at radius 2 is 1.47 bits per heavy atom. The highest BCUT2D eigenvalue weighted by Gasteiger charge is 2.23. The largest absolute Gasteiger partial charge is 0.497 e. The minimum Gasteiger partial charge on any atom is -0.497 e. The van der Waals surface area contributed by atoms with E-state index in [2.05, 4.69) is 22.3 Å². The molecule has 1 aliphatic heterocycles. The van der Waals surface area contributed by atoms with Crippen molar-refractivity contribution in [3.63, 3.8) is 0 Å². The van der Waals surface area contributed by atoms with Gasteiger partial charge in [0.05, 0.1) is 26.8 Å². The van der Waals surface area contributed by atoms with Gasteiger partial charge >= 0.3 is 0 Å². The van der Waals surface area contributed by atoms with Crippen LogP contribution in [-0.4, -0.2) is 33.2 Å². The van der Waals surface area contributed by atoms with E-state index in [0.717, 1.165) is 41.3 Å². The average Bonchev–Trinajstić information content (AvgIpc) is 3.20. The molecular weight excluding hydrogens is 376 g/mol. The number of nitrogens with zero attached hydrogens (tertiary/aromatic N) is 1. The highest BCUT2D eigenvalue weighted by Crippen LogP contribution is 2.28.